The zero-order valence-corrected chi connectivity index (χ0v) is 8.56. The van der Waals surface area contributed by atoms with Gasteiger partial charge in [-0.1, -0.05) is 24.7 Å². The van der Waals surface area contributed by atoms with Gasteiger partial charge in [-0.15, -0.1) is 10.2 Å². The molecule has 0 saturated heterocycles. The molecule has 0 amide bonds. The first-order chi connectivity index (χ1) is 6.24. The molecule has 0 radical (unpaired) electrons. The summed E-state index contributed by atoms with van der Waals surface area (Å²) >= 11 is 1.26. The molecule has 1 aromatic rings. The Kier molecular flexibility index (Phi) is 3.82. The van der Waals surface area contributed by atoms with Gasteiger partial charge in [-0.05, 0) is 13.3 Å². The molecule has 0 aliphatic rings. The van der Waals surface area contributed by atoms with Gasteiger partial charge < -0.3 is 4.74 Å². The average Bonchev–Trinajstić information content (AvgIpc) is 2.52. The van der Waals surface area contributed by atoms with Gasteiger partial charge in [0.25, 0.3) is 0 Å². The average molecular weight is 200 g/mol. The molecule has 0 unspecified atom stereocenters. The number of carbonyl (C=O) groups excluding carboxylic acids is 1. The van der Waals surface area contributed by atoms with Crippen LogP contribution in [0.1, 0.15) is 34.6 Å². The van der Waals surface area contributed by atoms with Crippen LogP contribution in [0.25, 0.3) is 0 Å². The number of aryl methyl sites for hydroxylation is 1. The number of ether oxygens (including phenoxy) is 1. The SMILES string of the molecule is CCCCOC(=O)c1nnc(C)s1. The quantitative estimate of drug-likeness (QED) is 0.549. The van der Waals surface area contributed by atoms with Crippen LogP contribution in [-0.2, 0) is 4.74 Å². The van der Waals surface area contributed by atoms with Gasteiger partial charge in [-0.3, -0.25) is 0 Å². The lowest BCUT2D eigenvalue weighted by atomic mass is 10.4. The van der Waals surface area contributed by atoms with Crippen molar-refractivity contribution in [1.82, 2.24) is 10.2 Å². The van der Waals surface area contributed by atoms with Crippen molar-refractivity contribution in [3.8, 4) is 0 Å². The van der Waals surface area contributed by atoms with E-state index >= 15 is 0 Å². The van der Waals surface area contributed by atoms with Crippen molar-refractivity contribution in [2.75, 3.05) is 6.61 Å². The Balaban J connectivity index is 2.40. The summed E-state index contributed by atoms with van der Waals surface area (Å²) in [6.07, 6.45) is 1.91. The minimum absolute atomic E-state index is 0.341. The molecule has 1 rings (SSSR count). The first-order valence-electron chi connectivity index (χ1n) is 4.21. The van der Waals surface area contributed by atoms with E-state index in [1.54, 1.807) is 6.92 Å². The van der Waals surface area contributed by atoms with Crippen LogP contribution < -0.4 is 0 Å². The Morgan fingerprint density at radius 2 is 2.31 bits per heavy atom. The largest absolute Gasteiger partial charge is 0.460 e. The highest BCUT2D eigenvalue weighted by molar-refractivity contribution is 7.13. The van der Waals surface area contributed by atoms with Crippen LogP contribution in [0.5, 0.6) is 0 Å². The first-order valence-corrected chi connectivity index (χ1v) is 5.03. The second kappa shape index (κ2) is 4.91. The number of aromatic nitrogens is 2. The zero-order valence-electron chi connectivity index (χ0n) is 7.74. The molecular weight excluding hydrogens is 188 g/mol. The highest BCUT2D eigenvalue weighted by Crippen LogP contribution is 2.09. The molecule has 1 aromatic heterocycles. The van der Waals surface area contributed by atoms with Gasteiger partial charge in [-0.25, -0.2) is 4.79 Å². The fourth-order valence-corrected chi connectivity index (χ4v) is 1.34. The molecule has 72 valence electrons. The van der Waals surface area contributed by atoms with E-state index in [1.807, 2.05) is 6.92 Å². The van der Waals surface area contributed by atoms with Crippen LogP contribution >= 0.6 is 11.3 Å². The van der Waals surface area contributed by atoms with Crippen molar-refractivity contribution < 1.29 is 9.53 Å². The van der Waals surface area contributed by atoms with E-state index in [1.165, 1.54) is 11.3 Å². The zero-order chi connectivity index (χ0) is 9.68. The van der Waals surface area contributed by atoms with Crippen molar-refractivity contribution in [2.24, 2.45) is 0 Å². The van der Waals surface area contributed by atoms with E-state index in [4.69, 9.17) is 4.74 Å². The van der Waals surface area contributed by atoms with Crippen LogP contribution in [-0.4, -0.2) is 22.8 Å². The van der Waals surface area contributed by atoms with Crippen LogP contribution in [0.4, 0.5) is 0 Å². The predicted molar refractivity (Wildman–Crippen MR) is 49.8 cm³/mol. The van der Waals surface area contributed by atoms with Gasteiger partial charge in [0.1, 0.15) is 5.01 Å². The minimum atomic E-state index is -0.362. The molecule has 0 aliphatic heterocycles. The first kappa shape index (κ1) is 10.1. The summed E-state index contributed by atoms with van der Waals surface area (Å²) in [6.45, 7) is 4.32. The van der Waals surface area contributed by atoms with Crippen molar-refractivity contribution >= 4 is 17.3 Å². The van der Waals surface area contributed by atoms with E-state index in [2.05, 4.69) is 10.2 Å². The maximum Gasteiger partial charge on any atom is 0.369 e. The molecule has 0 N–H and O–H groups in total. The van der Waals surface area contributed by atoms with Gasteiger partial charge >= 0.3 is 5.97 Å². The number of esters is 1. The Morgan fingerprint density at radius 3 is 2.85 bits per heavy atom. The number of hydrogen-bond donors (Lipinski definition) is 0. The third-order valence-electron chi connectivity index (χ3n) is 1.43. The van der Waals surface area contributed by atoms with Gasteiger partial charge in [-0.2, -0.15) is 0 Å². The maximum absolute atomic E-state index is 11.2. The van der Waals surface area contributed by atoms with Gasteiger partial charge in [0.05, 0.1) is 6.61 Å². The van der Waals surface area contributed by atoms with Crippen LogP contribution in [0.3, 0.4) is 0 Å². The maximum atomic E-state index is 11.2. The Bertz CT molecular complexity index is 285. The smallest absolute Gasteiger partial charge is 0.369 e. The lowest BCUT2D eigenvalue weighted by molar-refractivity contribution is 0.0498. The molecule has 0 spiro atoms. The molecule has 1 heterocycles. The van der Waals surface area contributed by atoms with Gasteiger partial charge in [0.15, 0.2) is 0 Å². The van der Waals surface area contributed by atoms with Crippen LogP contribution in [0.15, 0.2) is 0 Å². The standard InChI is InChI=1S/C8H12N2O2S/c1-3-4-5-12-8(11)7-10-9-6(2)13-7/h3-5H2,1-2H3. The second-order valence-electron chi connectivity index (χ2n) is 2.62. The molecule has 4 nitrogen and oxygen atoms in total. The van der Waals surface area contributed by atoms with Crippen molar-refractivity contribution in [3.63, 3.8) is 0 Å². The fourth-order valence-electron chi connectivity index (χ4n) is 0.750. The molecule has 5 heteroatoms. The Labute approximate surface area is 80.9 Å². The summed E-state index contributed by atoms with van der Waals surface area (Å²) in [5.41, 5.74) is 0. The molecule has 0 aromatic carbocycles. The lowest BCUT2D eigenvalue weighted by Gasteiger charge is -1.98. The Morgan fingerprint density at radius 1 is 1.54 bits per heavy atom. The summed E-state index contributed by atoms with van der Waals surface area (Å²) in [4.78, 5) is 11.2. The van der Waals surface area contributed by atoms with Crippen LogP contribution in [0.2, 0.25) is 0 Å². The van der Waals surface area contributed by atoms with Gasteiger partial charge in [0, 0.05) is 0 Å². The van der Waals surface area contributed by atoms with E-state index in [-0.39, 0.29) is 5.97 Å². The van der Waals surface area contributed by atoms with Crippen LogP contribution in [0, 0.1) is 6.92 Å². The molecule has 0 atom stereocenters. The van der Waals surface area contributed by atoms with Crippen molar-refractivity contribution in [3.05, 3.63) is 10.0 Å². The molecule has 0 fully saturated rings. The third kappa shape index (κ3) is 3.10. The summed E-state index contributed by atoms with van der Waals surface area (Å²) in [5.74, 6) is -0.362. The highest BCUT2D eigenvalue weighted by Gasteiger charge is 2.11. The number of carbonyl (C=O) groups is 1. The van der Waals surface area contributed by atoms with Crippen molar-refractivity contribution in [1.29, 1.82) is 0 Å². The van der Waals surface area contributed by atoms with E-state index in [0.29, 0.717) is 11.6 Å². The molecular formula is C8H12N2O2S. The number of nitrogens with zero attached hydrogens (tertiary/aromatic N) is 2. The van der Waals surface area contributed by atoms with E-state index in [0.717, 1.165) is 17.8 Å². The number of unbranched alkanes of at least 4 members (excludes halogenated alkanes) is 1. The van der Waals surface area contributed by atoms with E-state index in [9.17, 15) is 4.79 Å². The topological polar surface area (TPSA) is 52.1 Å². The molecule has 0 aliphatic carbocycles. The summed E-state index contributed by atoms with van der Waals surface area (Å²) < 4.78 is 4.95. The summed E-state index contributed by atoms with van der Waals surface area (Å²) in [6, 6.07) is 0. The van der Waals surface area contributed by atoms with Gasteiger partial charge in [0.2, 0.25) is 5.01 Å². The number of rotatable bonds is 4. The monoisotopic (exact) mass is 200 g/mol. The molecule has 0 saturated carbocycles. The molecule has 0 bridgehead atoms. The summed E-state index contributed by atoms with van der Waals surface area (Å²) in [7, 11) is 0. The second-order valence-corrected chi connectivity index (χ2v) is 3.80. The highest BCUT2D eigenvalue weighted by atomic mass is 32.1. The Hall–Kier alpha value is -0.970. The van der Waals surface area contributed by atoms with E-state index < -0.39 is 0 Å². The number of hydrogen-bond acceptors (Lipinski definition) is 5. The normalized spacial score (nSPS) is 10.0. The van der Waals surface area contributed by atoms with Crippen molar-refractivity contribution in [2.45, 2.75) is 26.7 Å². The molecule has 13 heavy (non-hydrogen) atoms. The summed E-state index contributed by atoms with van der Waals surface area (Å²) in [5, 5.41) is 8.54. The minimum Gasteiger partial charge on any atom is -0.460 e. The third-order valence-corrected chi connectivity index (χ3v) is 2.25. The lowest BCUT2D eigenvalue weighted by Crippen LogP contribution is -2.05. The predicted octanol–water partition coefficient (Wildman–Crippen LogP) is 1.80. The fraction of sp³-hybridized carbons (Fsp3) is 0.625.